The molecule has 0 radical (unpaired) electrons. The number of rotatable bonds is 6. The predicted octanol–water partition coefficient (Wildman–Crippen LogP) is 4.41. The lowest BCUT2D eigenvalue weighted by atomic mass is 10.1. The Morgan fingerprint density at radius 2 is 1.77 bits per heavy atom. The van der Waals surface area contributed by atoms with Crippen molar-refractivity contribution in [2.24, 2.45) is 0 Å². The molecule has 0 unspecified atom stereocenters. The topological polar surface area (TPSA) is 78.5 Å². The molecule has 0 amide bonds. The van der Waals surface area contributed by atoms with Crippen LogP contribution in [0.3, 0.4) is 0 Å². The average Bonchev–Trinajstić information content (AvgIpc) is 3.46. The van der Waals surface area contributed by atoms with Crippen LogP contribution in [0.4, 0.5) is 0 Å². The molecular weight excluding hydrogens is 428 g/mol. The first-order valence-electron chi connectivity index (χ1n) is 9.79. The van der Waals surface area contributed by atoms with E-state index in [1.165, 1.54) is 23.1 Å². The Bertz CT molecular complexity index is 1390. The van der Waals surface area contributed by atoms with E-state index in [4.69, 9.17) is 4.98 Å². The molecule has 5 aromatic rings. The van der Waals surface area contributed by atoms with Crippen molar-refractivity contribution in [1.29, 1.82) is 0 Å². The predicted molar refractivity (Wildman–Crippen MR) is 124 cm³/mol. The molecule has 9 heteroatoms. The summed E-state index contributed by atoms with van der Waals surface area (Å²) in [4.78, 5) is 18.9. The van der Waals surface area contributed by atoms with Gasteiger partial charge in [-0.25, -0.2) is 4.98 Å². The Balaban J connectivity index is 1.51. The largest absolute Gasteiger partial charge is 0.287 e. The van der Waals surface area contributed by atoms with Crippen LogP contribution in [0.15, 0.2) is 76.0 Å². The maximum Gasteiger partial charge on any atom is 0.263 e. The molecule has 2 aromatic carbocycles. The summed E-state index contributed by atoms with van der Waals surface area (Å²) < 4.78 is 3.43. The number of aromatic nitrogens is 6. The van der Waals surface area contributed by atoms with Gasteiger partial charge in [-0.1, -0.05) is 60.3 Å². The fourth-order valence-corrected chi connectivity index (χ4v) is 5.38. The lowest BCUT2D eigenvalue weighted by Crippen LogP contribution is -2.22. The third kappa shape index (κ3) is 3.66. The molecule has 7 nitrogen and oxygen atoms in total. The highest BCUT2D eigenvalue weighted by atomic mass is 32.2. The van der Waals surface area contributed by atoms with Gasteiger partial charge in [-0.3, -0.25) is 9.36 Å². The van der Waals surface area contributed by atoms with Crippen molar-refractivity contribution in [2.45, 2.75) is 24.4 Å². The highest BCUT2D eigenvalue weighted by molar-refractivity contribution is 7.98. The third-order valence-electron chi connectivity index (χ3n) is 4.92. The summed E-state index contributed by atoms with van der Waals surface area (Å²) in [5, 5.41) is 15.4. The van der Waals surface area contributed by atoms with Crippen molar-refractivity contribution in [2.75, 3.05) is 0 Å². The number of fused-ring (bicyclic) bond motifs is 1. The average molecular weight is 447 g/mol. The van der Waals surface area contributed by atoms with Gasteiger partial charge in [-0.05, 0) is 35.0 Å². The van der Waals surface area contributed by atoms with E-state index in [9.17, 15) is 4.79 Å². The highest BCUT2D eigenvalue weighted by Gasteiger charge is 2.18. The van der Waals surface area contributed by atoms with Gasteiger partial charge in [0, 0.05) is 17.5 Å². The van der Waals surface area contributed by atoms with Crippen LogP contribution in [0, 0.1) is 0 Å². The maximum absolute atomic E-state index is 13.4. The summed E-state index contributed by atoms with van der Waals surface area (Å²) in [6.45, 7) is 2.50. The number of thioether (sulfide) groups is 1. The zero-order chi connectivity index (χ0) is 21.2. The second-order valence-electron chi connectivity index (χ2n) is 6.77. The Kier molecular flexibility index (Phi) is 5.35. The first kappa shape index (κ1) is 19.7. The molecule has 0 aliphatic heterocycles. The second kappa shape index (κ2) is 8.44. The van der Waals surface area contributed by atoms with E-state index >= 15 is 0 Å². The van der Waals surface area contributed by atoms with Crippen LogP contribution in [0.25, 0.3) is 27.0 Å². The van der Waals surface area contributed by atoms with Gasteiger partial charge in [-0.15, -0.1) is 16.4 Å². The fourth-order valence-electron chi connectivity index (χ4n) is 3.42. The molecule has 5 rings (SSSR count). The molecule has 0 saturated heterocycles. The van der Waals surface area contributed by atoms with Crippen molar-refractivity contribution >= 4 is 33.3 Å². The second-order valence-corrected chi connectivity index (χ2v) is 8.57. The molecule has 0 bridgehead atoms. The number of thiophene rings is 1. The van der Waals surface area contributed by atoms with Crippen molar-refractivity contribution < 1.29 is 0 Å². The smallest absolute Gasteiger partial charge is 0.263 e. The minimum atomic E-state index is -0.0160. The van der Waals surface area contributed by atoms with Gasteiger partial charge in [0.2, 0.25) is 0 Å². The first-order chi connectivity index (χ1) is 15.3. The van der Waals surface area contributed by atoms with Crippen molar-refractivity contribution in [3.8, 4) is 16.8 Å². The summed E-state index contributed by atoms with van der Waals surface area (Å²) >= 11 is 2.96. The van der Waals surface area contributed by atoms with Crippen LogP contribution >= 0.6 is 23.1 Å². The molecule has 3 aromatic heterocycles. The third-order valence-corrected chi connectivity index (χ3v) is 6.77. The number of benzene rings is 2. The van der Waals surface area contributed by atoms with Crippen molar-refractivity contribution in [1.82, 2.24) is 29.8 Å². The number of para-hydroxylation sites is 1. The van der Waals surface area contributed by atoms with Crippen LogP contribution < -0.4 is 5.56 Å². The Morgan fingerprint density at radius 3 is 2.52 bits per heavy atom. The first-order valence-corrected chi connectivity index (χ1v) is 11.7. The highest BCUT2D eigenvalue weighted by Crippen LogP contribution is 2.32. The number of nitrogens with zero attached hydrogens (tertiary/aromatic N) is 6. The summed E-state index contributed by atoms with van der Waals surface area (Å²) in [7, 11) is 0. The zero-order valence-corrected chi connectivity index (χ0v) is 18.3. The van der Waals surface area contributed by atoms with Crippen molar-refractivity contribution in [3.63, 3.8) is 0 Å². The van der Waals surface area contributed by atoms with E-state index < -0.39 is 0 Å². The van der Waals surface area contributed by atoms with E-state index in [2.05, 4.69) is 15.5 Å². The lowest BCUT2D eigenvalue weighted by Gasteiger charge is -2.10. The molecule has 0 aliphatic carbocycles. The van der Waals surface area contributed by atoms with E-state index in [-0.39, 0.29) is 5.56 Å². The molecule has 0 aliphatic rings. The van der Waals surface area contributed by atoms with Crippen molar-refractivity contribution in [3.05, 3.63) is 82.2 Å². The van der Waals surface area contributed by atoms with Crippen LogP contribution in [0.2, 0.25) is 0 Å². The van der Waals surface area contributed by atoms with Gasteiger partial charge in [0.25, 0.3) is 5.56 Å². The van der Waals surface area contributed by atoms with Crippen LogP contribution in [-0.2, 0) is 12.3 Å². The summed E-state index contributed by atoms with van der Waals surface area (Å²) in [6.07, 6.45) is 0. The monoisotopic (exact) mass is 446 g/mol. The van der Waals surface area contributed by atoms with E-state index in [1.807, 2.05) is 73.0 Å². The molecular formula is C22H18N6OS2. The molecule has 3 heterocycles. The Labute approximate surface area is 186 Å². The molecule has 0 saturated carbocycles. The fraction of sp³-hybridized carbons (Fsp3) is 0.136. The SMILES string of the molecule is CCn1c(SCc2nnnn2-c2ccccc2)nc2scc(-c3ccccc3)c2c1=O. The van der Waals surface area contributed by atoms with Gasteiger partial charge >= 0.3 is 0 Å². The number of hydrogen-bond donors (Lipinski definition) is 0. The Morgan fingerprint density at radius 1 is 1.03 bits per heavy atom. The minimum absolute atomic E-state index is 0.0160. The van der Waals surface area contributed by atoms with Gasteiger partial charge in [-0.2, -0.15) is 4.68 Å². The van der Waals surface area contributed by atoms with Gasteiger partial charge in [0.1, 0.15) is 4.83 Å². The normalized spacial score (nSPS) is 11.3. The van der Waals surface area contributed by atoms with Gasteiger partial charge in [0.15, 0.2) is 11.0 Å². The quantitative estimate of drug-likeness (QED) is 0.284. The maximum atomic E-state index is 13.4. The number of hydrogen-bond acceptors (Lipinski definition) is 7. The zero-order valence-electron chi connectivity index (χ0n) is 16.7. The van der Waals surface area contributed by atoms with Crippen LogP contribution in [0.1, 0.15) is 12.7 Å². The summed E-state index contributed by atoms with van der Waals surface area (Å²) in [5.74, 6) is 1.20. The summed E-state index contributed by atoms with van der Waals surface area (Å²) in [6, 6.07) is 19.7. The molecule has 154 valence electrons. The molecule has 0 spiro atoms. The molecule has 0 fully saturated rings. The van der Waals surface area contributed by atoms with Crippen LogP contribution in [0.5, 0.6) is 0 Å². The Hall–Kier alpha value is -3.30. The van der Waals surface area contributed by atoms with E-state index in [0.29, 0.717) is 28.7 Å². The van der Waals surface area contributed by atoms with Gasteiger partial charge in [0.05, 0.1) is 16.8 Å². The molecule has 0 N–H and O–H groups in total. The molecule has 0 atom stereocenters. The minimum Gasteiger partial charge on any atom is -0.287 e. The molecule has 31 heavy (non-hydrogen) atoms. The lowest BCUT2D eigenvalue weighted by molar-refractivity contribution is 0.635. The standard InChI is InChI=1S/C22H18N6OS2/c1-2-27-21(29)19-17(15-9-5-3-6-10-15)13-30-20(19)23-22(27)31-14-18-24-25-26-28(18)16-11-7-4-8-12-16/h3-13H,2,14H2,1H3. The van der Waals surface area contributed by atoms with Gasteiger partial charge < -0.3 is 0 Å². The number of tetrazole rings is 1. The van der Waals surface area contributed by atoms with E-state index in [1.54, 1.807) is 9.25 Å². The van der Waals surface area contributed by atoms with E-state index in [0.717, 1.165) is 21.6 Å². The summed E-state index contributed by atoms with van der Waals surface area (Å²) in [5.41, 5.74) is 2.84. The van der Waals surface area contributed by atoms with Crippen LogP contribution in [-0.4, -0.2) is 29.8 Å².